The molecule has 134 valence electrons. The molecule has 3 rings (SSSR count). The van der Waals surface area contributed by atoms with E-state index >= 15 is 0 Å². The molecule has 1 aromatic heterocycles. The minimum Gasteiger partial charge on any atom is -0.502 e. The predicted octanol–water partition coefficient (Wildman–Crippen LogP) is 4.15. The van der Waals surface area contributed by atoms with Gasteiger partial charge in [-0.2, -0.15) is 4.98 Å². The van der Waals surface area contributed by atoms with Gasteiger partial charge in [-0.25, -0.2) is 4.39 Å². The van der Waals surface area contributed by atoms with Crippen LogP contribution in [0.2, 0.25) is 5.02 Å². The lowest BCUT2D eigenvalue weighted by atomic mass is 10.1. The van der Waals surface area contributed by atoms with Crippen molar-refractivity contribution < 1.29 is 9.50 Å². The summed E-state index contributed by atoms with van der Waals surface area (Å²) in [5.41, 5.74) is 2.58. The number of anilines is 2. The van der Waals surface area contributed by atoms with Crippen LogP contribution >= 0.6 is 11.6 Å². The van der Waals surface area contributed by atoms with Crippen LogP contribution < -0.4 is 10.9 Å². The molecule has 0 saturated carbocycles. The van der Waals surface area contributed by atoms with Crippen LogP contribution in [0.5, 0.6) is 5.75 Å². The number of halogens is 2. The number of aromatic nitrogens is 2. The van der Waals surface area contributed by atoms with Crippen molar-refractivity contribution in [3.05, 3.63) is 80.5 Å². The number of benzene rings is 2. The number of nitrogens with one attached hydrogen (secondary N) is 1. The summed E-state index contributed by atoms with van der Waals surface area (Å²) in [5.74, 6) is -0.524. The van der Waals surface area contributed by atoms with E-state index in [4.69, 9.17) is 11.6 Å². The second-order valence-electron chi connectivity index (χ2n) is 6.05. The van der Waals surface area contributed by atoms with Crippen molar-refractivity contribution in [3.8, 4) is 5.75 Å². The fraction of sp³-hybridized carbons (Fsp3) is 0.158. The first-order valence-corrected chi connectivity index (χ1v) is 8.30. The molecular formula is C19H17ClFN3O2. The summed E-state index contributed by atoms with van der Waals surface area (Å²) in [6.07, 6.45) is 1.30. The number of aromatic hydroxyl groups is 1. The first-order valence-electron chi connectivity index (χ1n) is 7.92. The molecule has 0 fully saturated rings. The lowest BCUT2D eigenvalue weighted by Gasteiger charge is -2.16. The molecule has 0 bridgehead atoms. The zero-order valence-electron chi connectivity index (χ0n) is 14.3. The highest BCUT2D eigenvalue weighted by atomic mass is 35.5. The lowest BCUT2D eigenvalue weighted by Crippen LogP contribution is -2.17. The molecule has 0 aliphatic heterocycles. The van der Waals surface area contributed by atoms with E-state index in [0.29, 0.717) is 11.6 Å². The standard InChI is InChI=1S/C19H17ClFN3O2/c1-11-8-16(12(2)7-15(11)20)22-19-23-18(26)17(25)10-24(19)9-13-3-5-14(21)6-4-13/h3-8,10,25H,9H2,1-2H3,(H,22,23,26). The van der Waals surface area contributed by atoms with Gasteiger partial charge in [-0.15, -0.1) is 0 Å². The summed E-state index contributed by atoms with van der Waals surface area (Å²) in [5, 5.41) is 13.5. The molecule has 0 saturated heterocycles. The highest BCUT2D eigenvalue weighted by Gasteiger charge is 2.11. The van der Waals surface area contributed by atoms with Crippen molar-refractivity contribution in [2.45, 2.75) is 20.4 Å². The van der Waals surface area contributed by atoms with E-state index < -0.39 is 11.3 Å². The van der Waals surface area contributed by atoms with E-state index in [1.54, 1.807) is 16.7 Å². The third-order valence-electron chi connectivity index (χ3n) is 4.00. The molecule has 2 aromatic carbocycles. The minimum absolute atomic E-state index is 0.266. The van der Waals surface area contributed by atoms with Crippen molar-refractivity contribution in [1.29, 1.82) is 0 Å². The van der Waals surface area contributed by atoms with Crippen LogP contribution in [0.4, 0.5) is 16.0 Å². The highest BCUT2D eigenvalue weighted by Crippen LogP contribution is 2.26. The van der Waals surface area contributed by atoms with Gasteiger partial charge in [-0.3, -0.25) is 4.79 Å². The van der Waals surface area contributed by atoms with Gasteiger partial charge in [0, 0.05) is 10.7 Å². The van der Waals surface area contributed by atoms with Gasteiger partial charge in [0.2, 0.25) is 5.95 Å². The molecule has 0 aliphatic carbocycles. The molecule has 5 nitrogen and oxygen atoms in total. The van der Waals surface area contributed by atoms with Gasteiger partial charge in [0.25, 0.3) is 0 Å². The molecule has 26 heavy (non-hydrogen) atoms. The molecule has 0 spiro atoms. The van der Waals surface area contributed by atoms with Crippen LogP contribution in [0.1, 0.15) is 16.7 Å². The Labute approximate surface area is 154 Å². The van der Waals surface area contributed by atoms with Crippen LogP contribution in [0, 0.1) is 19.7 Å². The Balaban J connectivity index is 2.01. The van der Waals surface area contributed by atoms with Gasteiger partial charge in [0.15, 0.2) is 5.75 Å². The molecular weight excluding hydrogens is 357 g/mol. The van der Waals surface area contributed by atoms with Gasteiger partial charge >= 0.3 is 5.56 Å². The maximum atomic E-state index is 13.1. The Hall–Kier alpha value is -2.86. The Kier molecular flexibility index (Phi) is 4.95. The smallest absolute Gasteiger partial charge is 0.316 e. The summed E-state index contributed by atoms with van der Waals surface area (Å²) in [7, 11) is 0. The van der Waals surface area contributed by atoms with E-state index in [1.165, 1.54) is 18.3 Å². The van der Waals surface area contributed by atoms with E-state index in [2.05, 4.69) is 10.3 Å². The molecule has 3 aromatic rings. The van der Waals surface area contributed by atoms with E-state index in [1.807, 2.05) is 26.0 Å². The number of aryl methyl sites for hydroxylation is 2. The number of rotatable bonds is 4. The number of hydrogen-bond donors (Lipinski definition) is 2. The summed E-state index contributed by atoms with van der Waals surface area (Å²) in [6, 6.07) is 9.65. The predicted molar refractivity (Wildman–Crippen MR) is 99.9 cm³/mol. The van der Waals surface area contributed by atoms with Crippen molar-refractivity contribution in [2.75, 3.05) is 5.32 Å². The van der Waals surface area contributed by atoms with Gasteiger partial charge in [-0.05, 0) is 54.8 Å². The fourth-order valence-corrected chi connectivity index (χ4v) is 2.74. The zero-order chi connectivity index (χ0) is 18.8. The Morgan fingerprint density at radius 1 is 1.19 bits per heavy atom. The molecule has 0 amide bonds. The van der Waals surface area contributed by atoms with Crippen LogP contribution in [-0.4, -0.2) is 14.7 Å². The monoisotopic (exact) mass is 373 g/mol. The lowest BCUT2D eigenvalue weighted by molar-refractivity contribution is 0.457. The van der Waals surface area contributed by atoms with Crippen LogP contribution in [0.25, 0.3) is 0 Å². The van der Waals surface area contributed by atoms with Gasteiger partial charge in [0.05, 0.1) is 12.7 Å². The van der Waals surface area contributed by atoms with Gasteiger partial charge in [0.1, 0.15) is 5.82 Å². The molecule has 0 atom stereocenters. The van der Waals surface area contributed by atoms with Crippen molar-refractivity contribution >= 4 is 23.2 Å². The maximum Gasteiger partial charge on any atom is 0.316 e. The first-order chi connectivity index (χ1) is 12.3. The second kappa shape index (κ2) is 7.17. The normalized spacial score (nSPS) is 10.8. The largest absolute Gasteiger partial charge is 0.502 e. The van der Waals surface area contributed by atoms with E-state index in [0.717, 1.165) is 22.4 Å². The van der Waals surface area contributed by atoms with E-state index in [-0.39, 0.29) is 11.8 Å². The van der Waals surface area contributed by atoms with Crippen LogP contribution in [0.15, 0.2) is 47.4 Å². The molecule has 0 unspecified atom stereocenters. The third-order valence-corrected chi connectivity index (χ3v) is 4.40. The Morgan fingerprint density at radius 2 is 1.88 bits per heavy atom. The summed E-state index contributed by atoms with van der Waals surface area (Å²) in [4.78, 5) is 15.7. The molecule has 7 heteroatoms. The third kappa shape index (κ3) is 3.86. The second-order valence-corrected chi connectivity index (χ2v) is 6.46. The quantitative estimate of drug-likeness (QED) is 0.721. The first kappa shape index (κ1) is 17.9. The zero-order valence-corrected chi connectivity index (χ0v) is 15.0. The average molecular weight is 374 g/mol. The molecule has 0 aliphatic rings. The summed E-state index contributed by atoms with van der Waals surface area (Å²) < 4.78 is 14.7. The molecule has 0 radical (unpaired) electrons. The van der Waals surface area contributed by atoms with E-state index in [9.17, 15) is 14.3 Å². The van der Waals surface area contributed by atoms with Gasteiger partial charge < -0.3 is 15.0 Å². The maximum absolute atomic E-state index is 13.1. The molecule has 1 heterocycles. The van der Waals surface area contributed by atoms with Gasteiger partial charge in [-0.1, -0.05) is 23.7 Å². The van der Waals surface area contributed by atoms with Crippen LogP contribution in [-0.2, 0) is 6.54 Å². The van der Waals surface area contributed by atoms with Crippen molar-refractivity contribution in [3.63, 3.8) is 0 Å². The highest BCUT2D eigenvalue weighted by molar-refractivity contribution is 6.31. The minimum atomic E-state index is -0.730. The number of nitrogens with zero attached hydrogens (tertiary/aromatic N) is 2. The fourth-order valence-electron chi connectivity index (χ4n) is 2.52. The Bertz CT molecular complexity index is 1020. The Morgan fingerprint density at radius 3 is 2.58 bits per heavy atom. The summed E-state index contributed by atoms with van der Waals surface area (Å²) >= 11 is 6.12. The summed E-state index contributed by atoms with van der Waals surface area (Å²) in [6.45, 7) is 4.06. The molecule has 2 N–H and O–H groups in total. The SMILES string of the molecule is Cc1cc(Nc2nc(=O)c(O)cn2Cc2ccc(F)cc2)c(C)cc1Cl. The van der Waals surface area contributed by atoms with Crippen LogP contribution in [0.3, 0.4) is 0 Å². The van der Waals surface area contributed by atoms with Crippen molar-refractivity contribution in [2.24, 2.45) is 0 Å². The van der Waals surface area contributed by atoms with Crippen molar-refractivity contribution in [1.82, 2.24) is 9.55 Å². The number of hydrogen-bond acceptors (Lipinski definition) is 4. The average Bonchev–Trinajstić information content (AvgIpc) is 2.59. The topological polar surface area (TPSA) is 67.2 Å².